The summed E-state index contributed by atoms with van der Waals surface area (Å²) in [5.74, 6) is -1.50. The molecule has 0 spiro atoms. The zero-order chi connectivity index (χ0) is 18.6. The molecule has 0 aromatic heterocycles. The lowest BCUT2D eigenvalue weighted by Crippen LogP contribution is -2.40. The molecule has 1 aliphatic rings. The summed E-state index contributed by atoms with van der Waals surface area (Å²) < 4.78 is 56.0. The Morgan fingerprint density at radius 1 is 1.28 bits per heavy atom. The predicted molar refractivity (Wildman–Crippen MR) is 83.2 cm³/mol. The maximum Gasteiger partial charge on any atom is 0.387 e. The number of nitrogens with zero attached hydrogens (tertiary/aromatic N) is 1. The molecule has 1 atom stereocenters. The fourth-order valence-corrected chi connectivity index (χ4v) is 4.14. The van der Waals surface area contributed by atoms with Gasteiger partial charge in [0.05, 0.1) is 17.1 Å². The van der Waals surface area contributed by atoms with Crippen LogP contribution >= 0.6 is 0 Å². The molecular weight excluding hydrogens is 360 g/mol. The van der Waals surface area contributed by atoms with Crippen molar-refractivity contribution < 1.29 is 36.3 Å². The highest BCUT2D eigenvalue weighted by Crippen LogP contribution is 2.17. The molecule has 1 saturated heterocycles. The van der Waals surface area contributed by atoms with Crippen LogP contribution < -0.4 is 4.74 Å². The fraction of sp³-hybridized carbons (Fsp3) is 0.467. The van der Waals surface area contributed by atoms with Gasteiger partial charge in [-0.2, -0.15) is 8.78 Å². The third-order valence-electron chi connectivity index (χ3n) is 3.79. The molecule has 1 aromatic rings. The van der Waals surface area contributed by atoms with E-state index in [0.717, 1.165) is 0 Å². The van der Waals surface area contributed by atoms with Crippen molar-refractivity contribution in [2.45, 2.75) is 19.1 Å². The molecule has 25 heavy (non-hydrogen) atoms. The van der Waals surface area contributed by atoms with Gasteiger partial charge in [0, 0.05) is 13.1 Å². The second kappa shape index (κ2) is 7.77. The van der Waals surface area contributed by atoms with Crippen LogP contribution in [0.5, 0.6) is 5.75 Å². The van der Waals surface area contributed by atoms with Gasteiger partial charge in [-0.15, -0.1) is 0 Å². The van der Waals surface area contributed by atoms with Crippen molar-refractivity contribution >= 4 is 21.7 Å². The number of esters is 1. The molecule has 0 bridgehead atoms. The second-order valence-corrected chi connectivity index (χ2v) is 7.77. The summed E-state index contributed by atoms with van der Waals surface area (Å²) in [5, 5.41) is 0. The van der Waals surface area contributed by atoms with Crippen molar-refractivity contribution in [1.82, 2.24) is 4.90 Å². The van der Waals surface area contributed by atoms with Gasteiger partial charge in [0.1, 0.15) is 5.75 Å². The number of benzene rings is 1. The smallest absolute Gasteiger partial charge is 0.387 e. The first-order valence-corrected chi connectivity index (χ1v) is 9.18. The molecule has 1 fully saturated rings. The van der Waals surface area contributed by atoms with Gasteiger partial charge in [0.2, 0.25) is 0 Å². The topological polar surface area (TPSA) is 90.0 Å². The van der Waals surface area contributed by atoms with Crippen LogP contribution in [0.25, 0.3) is 0 Å². The van der Waals surface area contributed by atoms with Crippen molar-refractivity contribution in [3.63, 3.8) is 0 Å². The molecule has 0 aliphatic carbocycles. The Balaban J connectivity index is 1.85. The first kappa shape index (κ1) is 19.1. The van der Waals surface area contributed by atoms with E-state index in [0.29, 0.717) is 6.42 Å². The summed E-state index contributed by atoms with van der Waals surface area (Å²) in [7, 11) is -1.67. The monoisotopic (exact) mass is 377 g/mol. The van der Waals surface area contributed by atoms with Gasteiger partial charge in [-0.1, -0.05) is 0 Å². The molecule has 0 N–H and O–H groups in total. The number of carbonyl (C=O) groups excluding carboxylic acids is 2. The average molecular weight is 377 g/mol. The number of hydrogen-bond donors (Lipinski definition) is 0. The van der Waals surface area contributed by atoms with Crippen LogP contribution in [0.3, 0.4) is 0 Å². The summed E-state index contributed by atoms with van der Waals surface area (Å²) in [4.78, 5) is 25.1. The minimum atomic E-state index is -3.13. The van der Waals surface area contributed by atoms with E-state index < -0.39 is 41.0 Å². The van der Waals surface area contributed by atoms with Gasteiger partial charge in [-0.05, 0) is 30.7 Å². The summed E-state index contributed by atoms with van der Waals surface area (Å²) in [6.07, 6.45) is 0.351. The molecular formula is C15H17F2NO6S. The summed E-state index contributed by atoms with van der Waals surface area (Å²) in [6.45, 7) is -3.51. The van der Waals surface area contributed by atoms with Crippen molar-refractivity contribution in [1.29, 1.82) is 0 Å². The van der Waals surface area contributed by atoms with E-state index in [1.54, 1.807) is 0 Å². The second-order valence-electron chi connectivity index (χ2n) is 5.54. The number of likely N-dealkylation sites (N-methyl/N-ethyl adjacent to an activating group) is 1. The van der Waals surface area contributed by atoms with Crippen LogP contribution in [0.4, 0.5) is 8.78 Å². The highest BCUT2D eigenvalue weighted by Gasteiger charge is 2.32. The van der Waals surface area contributed by atoms with Gasteiger partial charge in [0.25, 0.3) is 5.91 Å². The molecule has 1 amide bonds. The number of amides is 1. The lowest BCUT2D eigenvalue weighted by Gasteiger charge is -2.23. The molecule has 1 aliphatic heterocycles. The van der Waals surface area contributed by atoms with Gasteiger partial charge in [0.15, 0.2) is 16.4 Å². The van der Waals surface area contributed by atoms with E-state index in [1.165, 1.54) is 36.2 Å². The third kappa shape index (κ3) is 5.38. The molecule has 0 saturated carbocycles. The number of ether oxygens (including phenoxy) is 2. The van der Waals surface area contributed by atoms with Crippen LogP contribution in [0, 0.1) is 0 Å². The van der Waals surface area contributed by atoms with Crippen molar-refractivity contribution in [3.8, 4) is 5.75 Å². The minimum absolute atomic E-state index is 0.0299. The van der Waals surface area contributed by atoms with E-state index in [1.807, 2.05) is 0 Å². The number of hydrogen-bond acceptors (Lipinski definition) is 6. The molecule has 0 unspecified atom stereocenters. The van der Waals surface area contributed by atoms with E-state index in [4.69, 9.17) is 4.74 Å². The molecule has 138 valence electrons. The highest BCUT2D eigenvalue weighted by atomic mass is 32.2. The standard InChI is InChI=1S/C15H17F2NO6S/c1-18(11-6-7-25(21,22)9-11)13(19)8-23-14(20)10-2-4-12(5-3-10)24-15(16)17/h2-5,11,15H,6-9H2,1H3/t11-/m1/s1. The van der Waals surface area contributed by atoms with Crippen LogP contribution in [0.15, 0.2) is 24.3 Å². The minimum Gasteiger partial charge on any atom is -0.452 e. The quantitative estimate of drug-likeness (QED) is 0.690. The molecule has 0 radical (unpaired) electrons. The Hall–Kier alpha value is -2.23. The Morgan fingerprint density at radius 2 is 1.92 bits per heavy atom. The maximum absolute atomic E-state index is 12.0. The Bertz CT molecular complexity index is 735. The van der Waals surface area contributed by atoms with Gasteiger partial charge < -0.3 is 14.4 Å². The predicted octanol–water partition coefficient (Wildman–Crippen LogP) is 1.09. The molecule has 7 nitrogen and oxygen atoms in total. The zero-order valence-electron chi connectivity index (χ0n) is 13.4. The zero-order valence-corrected chi connectivity index (χ0v) is 14.2. The molecule has 2 rings (SSSR count). The summed E-state index contributed by atoms with van der Waals surface area (Å²) in [6, 6.07) is 4.40. The van der Waals surface area contributed by atoms with Gasteiger partial charge in [-0.3, -0.25) is 4.79 Å². The molecule has 1 heterocycles. The van der Waals surface area contributed by atoms with Crippen LogP contribution in [0.2, 0.25) is 0 Å². The summed E-state index contributed by atoms with van der Waals surface area (Å²) in [5.41, 5.74) is 0.0699. The van der Waals surface area contributed by atoms with Crippen LogP contribution in [-0.2, 0) is 19.4 Å². The van der Waals surface area contributed by atoms with E-state index in [2.05, 4.69) is 4.74 Å². The molecule has 10 heteroatoms. The van der Waals surface area contributed by atoms with Gasteiger partial charge in [-0.25, -0.2) is 13.2 Å². The van der Waals surface area contributed by atoms with E-state index >= 15 is 0 Å². The largest absolute Gasteiger partial charge is 0.452 e. The summed E-state index contributed by atoms with van der Waals surface area (Å²) >= 11 is 0. The molecule has 1 aromatic carbocycles. The van der Waals surface area contributed by atoms with Crippen molar-refractivity contribution in [2.75, 3.05) is 25.2 Å². The van der Waals surface area contributed by atoms with Crippen LogP contribution in [-0.4, -0.2) is 63.0 Å². The Kier molecular flexibility index (Phi) is 5.93. The maximum atomic E-state index is 12.0. The third-order valence-corrected chi connectivity index (χ3v) is 5.54. The average Bonchev–Trinajstić information content (AvgIpc) is 2.91. The Morgan fingerprint density at radius 3 is 2.44 bits per heavy atom. The number of carbonyl (C=O) groups is 2. The van der Waals surface area contributed by atoms with Crippen molar-refractivity contribution in [2.24, 2.45) is 0 Å². The highest BCUT2D eigenvalue weighted by molar-refractivity contribution is 7.91. The SMILES string of the molecule is CN(C(=O)COC(=O)c1ccc(OC(F)F)cc1)[C@@H]1CCS(=O)(=O)C1. The number of alkyl halides is 2. The number of sulfone groups is 1. The number of rotatable bonds is 6. The van der Waals surface area contributed by atoms with E-state index in [-0.39, 0.29) is 22.8 Å². The lowest BCUT2D eigenvalue weighted by atomic mass is 10.2. The van der Waals surface area contributed by atoms with Crippen molar-refractivity contribution in [3.05, 3.63) is 29.8 Å². The first-order chi connectivity index (χ1) is 11.7. The first-order valence-electron chi connectivity index (χ1n) is 7.36. The normalized spacial score (nSPS) is 18.8. The Labute approximate surface area is 143 Å². The van der Waals surface area contributed by atoms with E-state index in [9.17, 15) is 26.8 Å². The lowest BCUT2D eigenvalue weighted by molar-refractivity contribution is -0.134. The van der Waals surface area contributed by atoms with Crippen LogP contribution in [0.1, 0.15) is 16.8 Å². The van der Waals surface area contributed by atoms with Gasteiger partial charge >= 0.3 is 12.6 Å². The number of halogens is 2. The fourth-order valence-electron chi connectivity index (χ4n) is 2.37.